The Morgan fingerprint density at radius 3 is 1.89 bits per heavy atom. The molecule has 2 aromatic rings. The molecule has 28 heavy (non-hydrogen) atoms. The molecule has 0 bridgehead atoms. The van der Waals surface area contributed by atoms with Crippen molar-refractivity contribution in [2.75, 3.05) is 20.8 Å². The molecule has 2 atom stereocenters. The molecule has 0 heterocycles. The Morgan fingerprint density at radius 1 is 0.893 bits per heavy atom. The number of rotatable bonds is 8. The van der Waals surface area contributed by atoms with Gasteiger partial charge >= 0.3 is 5.97 Å². The number of hydrogen-bond donors (Lipinski definition) is 0. The summed E-state index contributed by atoms with van der Waals surface area (Å²) in [5, 5.41) is 0. The summed E-state index contributed by atoms with van der Waals surface area (Å²) >= 11 is 0. The maximum absolute atomic E-state index is 13.3. The predicted octanol–water partition coefficient (Wildman–Crippen LogP) is 3.81. The van der Waals surface area contributed by atoms with Gasteiger partial charge in [-0.15, -0.1) is 0 Å². The van der Waals surface area contributed by atoms with Gasteiger partial charge in [0.15, 0.2) is 5.78 Å². The van der Waals surface area contributed by atoms with Gasteiger partial charge in [0, 0.05) is 0 Å². The van der Waals surface area contributed by atoms with Crippen molar-refractivity contribution >= 4 is 20.9 Å². The number of ketones is 1. The molecule has 6 nitrogen and oxygen atoms in total. The van der Waals surface area contributed by atoms with E-state index in [0.717, 1.165) is 0 Å². The summed E-state index contributed by atoms with van der Waals surface area (Å²) in [6.45, 7) is 4.13. The first-order valence-corrected chi connectivity index (χ1v) is 9.33. The lowest BCUT2D eigenvalue weighted by Gasteiger charge is -2.19. The molecule has 0 fully saturated rings. The maximum Gasteiger partial charge on any atom is 0.321 e. The maximum atomic E-state index is 13.3. The summed E-state index contributed by atoms with van der Waals surface area (Å²) < 4.78 is 24.3. The Bertz CT molecular complexity index is 753. The van der Waals surface area contributed by atoms with E-state index in [1.807, 2.05) is 19.9 Å². The lowest BCUT2D eigenvalue weighted by Crippen LogP contribution is -2.26. The van der Waals surface area contributed by atoms with Crippen molar-refractivity contribution < 1.29 is 28.4 Å². The summed E-state index contributed by atoms with van der Waals surface area (Å²) in [6, 6.07) is 13.9. The highest BCUT2D eigenvalue weighted by Gasteiger charge is 2.34. The van der Waals surface area contributed by atoms with E-state index in [2.05, 4.69) is 0 Å². The molecule has 0 aromatic heterocycles. The molecule has 0 saturated carbocycles. The fourth-order valence-electron chi connectivity index (χ4n) is 2.61. The van der Waals surface area contributed by atoms with Gasteiger partial charge in [-0.2, -0.15) is 0 Å². The Hall–Kier alpha value is -2.59. The van der Waals surface area contributed by atoms with Crippen molar-refractivity contribution in [3.05, 3.63) is 59.7 Å². The first-order chi connectivity index (χ1) is 13.5. The standard InChI is InChI=1S/C21H24O5.H3OP/c1-14(2)13-26-21(23)18(15-9-6-5-7-10-15)20(22)19-16(24-3)11-8-12-17(19)25-4;1-2/h5-12,14,18H,13H2,1-4H3;2H3. The normalized spacial score (nSPS) is 11.2. The van der Waals surface area contributed by atoms with E-state index in [4.69, 9.17) is 18.8 Å². The molecule has 0 saturated heterocycles. The molecule has 7 heteroatoms. The molecule has 0 N–H and O–H groups in total. The zero-order chi connectivity index (χ0) is 21.1. The topological polar surface area (TPSA) is 78.9 Å². The third-order valence-corrected chi connectivity index (χ3v) is 3.86. The van der Waals surface area contributed by atoms with E-state index in [1.165, 1.54) is 14.2 Å². The molecule has 0 aliphatic carbocycles. The monoisotopic (exact) mass is 406 g/mol. The van der Waals surface area contributed by atoms with E-state index in [0.29, 0.717) is 26.2 Å². The van der Waals surface area contributed by atoms with Crippen LogP contribution in [-0.2, 0) is 14.1 Å². The quantitative estimate of drug-likeness (QED) is 0.287. The third kappa shape index (κ3) is 5.96. The summed E-state index contributed by atoms with van der Waals surface area (Å²) in [6.07, 6.45) is 0. The summed E-state index contributed by atoms with van der Waals surface area (Å²) in [5.41, 5.74) is 0.798. The highest BCUT2D eigenvalue weighted by Crippen LogP contribution is 2.34. The third-order valence-electron chi connectivity index (χ3n) is 3.86. The van der Waals surface area contributed by atoms with Crippen LogP contribution in [0, 0.1) is 5.92 Å². The SMILES string of the molecule is COc1cccc(OC)c1C(=O)C(C(=O)OCC(C)C)c1ccccc1.O=[PH3]. The highest BCUT2D eigenvalue weighted by molar-refractivity contribution is 7.00. The second-order valence-electron chi connectivity index (χ2n) is 6.27. The number of methoxy groups -OCH3 is 2. The average molecular weight is 406 g/mol. The second-order valence-corrected chi connectivity index (χ2v) is 6.27. The number of Topliss-reactive ketones (excluding diaryl/α,β-unsaturated/α-hetero) is 1. The van der Waals surface area contributed by atoms with Crippen LogP contribution in [0.4, 0.5) is 0 Å². The van der Waals surface area contributed by atoms with Crippen LogP contribution in [0.2, 0.25) is 0 Å². The molecule has 0 amide bonds. The fourth-order valence-corrected chi connectivity index (χ4v) is 2.61. The number of esters is 1. The van der Waals surface area contributed by atoms with Crippen LogP contribution in [0.5, 0.6) is 11.5 Å². The smallest absolute Gasteiger partial charge is 0.321 e. The molecular weight excluding hydrogens is 379 g/mol. The van der Waals surface area contributed by atoms with Crippen LogP contribution in [0.3, 0.4) is 0 Å². The highest BCUT2D eigenvalue weighted by atomic mass is 31.0. The molecule has 0 aliphatic heterocycles. The van der Waals surface area contributed by atoms with E-state index in [-0.39, 0.29) is 18.1 Å². The molecule has 152 valence electrons. The van der Waals surface area contributed by atoms with Crippen molar-refractivity contribution in [2.45, 2.75) is 19.8 Å². The molecule has 0 aliphatic rings. The number of carbonyl (C=O) groups is 2. The number of hydrogen-bond acceptors (Lipinski definition) is 6. The minimum absolute atomic E-state index is 0.172. The first-order valence-electron chi connectivity index (χ1n) is 8.75. The Balaban J connectivity index is 0.00000190. The van der Waals surface area contributed by atoms with Crippen molar-refractivity contribution in [1.29, 1.82) is 0 Å². The molecule has 2 rings (SSSR count). The minimum atomic E-state index is -1.08. The Morgan fingerprint density at radius 2 is 1.43 bits per heavy atom. The van der Waals surface area contributed by atoms with Gasteiger partial charge in [-0.3, -0.25) is 9.59 Å². The van der Waals surface area contributed by atoms with Crippen LogP contribution < -0.4 is 9.47 Å². The Labute approximate surface area is 167 Å². The molecule has 2 unspecified atom stereocenters. The van der Waals surface area contributed by atoms with Gasteiger partial charge in [-0.25, -0.2) is 0 Å². The second kappa shape index (κ2) is 12.0. The van der Waals surface area contributed by atoms with E-state index < -0.39 is 17.7 Å². The van der Waals surface area contributed by atoms with Gasteiger partial charge in [-0.1, -0.05) is 50.2 Å². The van der Waals surface area contributed by atoms with Crippen molar-refractivity contribution in [2.24, 2.45) is 5.92 Å². The first kappa shape index (κ1) is 23.4. The van der Waals surface area contributed by atoms with Crippen molar-refractivity contribution in [1.82, 2.24) is 0 Å². The molecule has 0 radical (unpaired) electrons. The predicted molar refractivity (Wildman–Crippen MR) is 111 cm³/mol. The van der Waals surface area contributed by atoms with Crippen LogP contribution >= 0.6 is 9.12 Å². The summed E-state index contributed by atoms with van der Waals surface area (Å²) in [7, 11) is 3.56. The molecule has 2 aromatic carbocycles. The van der Waals surface area contributed by atoms with Crippen LogP contribution in [0.15, 0.2) is 48.5 Å². The van der Waals surface area contributed by atoms with Gasteiger partial charge in [-0.05, 0) is 23.6 Å². The van der Waals surface area contributed by atoms with E-state index in [9.17, 15) is 9.59 Å². The van der Waals surface area contributed by atoms with Crippen molar-refractivity contribution in [3.63, 3.8) is 0 Å². The zero-order valence-electron chi connectivity index (χ0n) is 16.6. The van der Waals surface area contributed by atoms with Gasteiger partial charge < -0.3 is 18.8 Å². The van der Waals surface area contributed by atoms with Gasteiger partial charge in [0.25, 0.3) is 0 Å². The van der Waals surface area contributed by atoms with Crippen LogP contribution in [0.25, 0.3) is 0 Å². The van der Waals surface area contributed by atoms with Crippen LogP contribution in [0.1, 0.15) is 35.7 Å². The summed E-state index contributed by atoms with van der Waals surface area (Å²) in [4.78, 5) is 26.1. The number of ether oxygens (including phenoxy) is 3. The lowest BCUT2D eigenvalue weighted by atomic mass is 9.89. The zero-order valence-corrected chi connectivity index (χ0v) is 18.1. The number of carbonyl (C=O) groups excluding carboxylic acids is 2. The fraction of sp³-hybridized carbons (Fsp3) is 0.333. The van der Waals surface area contributed by atoms with Gasteiger partial charge in [0.05, 0.1) is 29.9 Å². The van der Waals surface area contributed by atoms with Crippen LogP contribution in [-0.4, -0.2) is 32.6 Å². The van der Waals surface area contributed by atoms with Gasteiger partial charge in [0.2, 0.25) is 0 Å². The van der Waals surface area contributed by atoms with Crippen molar-refractivity contribution in [3.8, 4) is 11.5 Å². The largest absolute Gasteiger partial charge is 0.496 e. The minimum Gasteiger partial charge on any atom is -0.496 e. The van der Waals surface area contributed by atoms with Gasteiger partial charge in [0.1, 0.15) is 23.0 Å². The molecule has 0 spiro atoms. The lowest BCUT2D eigenvalue weighted by molar-refractivity contribution is -0.145. The molecular formula is C21H27O6P. The summed E-state index contributed by atoms with van der Waals surface area (Å²) in [5.74, 6) is -1.20. The number of benzene rings is 2. The van der Waals surface area contributed by atoms with E-state index >= 15 is 0 Å². The Kier molecular flexibility index (Phi) is 10.0. The average Bonchev–Trinajstić information content (AvgIpc) is 2.73. The van der Waals surface area contributed by atoms with E-state index in [1.54, 1.807) is 42.5 Å².